The van der Waals surface area contributed by atoms with Gasteiger partial charge in [0.2, 0.25) is 0 Å². The van der Waals surface area contributed by atoms with Crippen LogP contribution in [-0.4, -0.2) is 20.9 Å². The van der Waals surface area contributed by atoms with E-state index < -0.39 is 0 Å². The van der Waals surface area contributed by atoms with Crippen LogP contribution < -0.4 is 0 Å². The number of pyridine rings is 2. The predicted octanol–water partition coefficient (Wildman–Crippen LogP) is 10.6. The zero-order valence-electron chi connectivity index (χ0n) is 28.1. The topological polar surface area (TPSA) is 63.1 Å². The van der Waals surface area contributed by atoms with Gasteiger partial charge < -0.3 is 10.1 Å². The maximum atomic E-state index is 11.7. The molecule has 0 aliphatic heterocycles. The molecule has 0 saturated heterocycles. The van der Waals surface area contributed by atoms with Gasteiger partial charge in [0.15, 0.2) is 5.78 Å². The normalized spacial score (nSPS) is 15.3. The van der Waals surface area contributed by atoms with Gasteiger partial charge in [0.05, 0.1) is 5.76 Å². The van der Waals surface area contributed by atoms with Crippen molar-refractivity contribution in [3.8, 4) is 11.3 Å². The summed E-state index contributed by atoms with van der Waals surface area (Å²) in [6, 6.07) is 17.3. The summed E-state index contributed by atoms with van der Waals surface area (Å²) < 4.78 is 0. The van der Waals surface area contributed by atoms with Gasteiger partial charge in [-0.2, -0.15) is 0 Å². The number of aromatic nitrogens is 2. The molecule has 6 rings (SSSR count). The number of benzene rings is 2. The summed E-state index contributed by atoms with van der Waals surface area (Å²) in [7, 11) is 0. The molecule has 1 spiro atoms. The molecule has 0 bridgehead atoms. The molecule has 0 amide bonds. The molecule has 2 heterocycles. The third kappa shape index (κ3) is 6.67. The molecule has 2 aliphatic carbocycles. The fourth-order valence-corrected chi connectivity index (χ4v) is 7.37. The van der Waals surface area contributed by atoms with E-state index in [0.29, 0.717) is 0 Å². The first-order valence-corrected chi connectivity index (χ1v) is 16.8. The fraction of sp³-hybridized carbons (Fsp3) is 0.475. The second-order valence-corrected chi connectivity index (χ2v) is 13.8. The predicted molar refractivity (Wildman–Crippen MR) is 183 cm³/mol. The number of aliphatic hydroxyl groups excluding tert-OH is 1. The molecule has 1 fully saturated rings. The molecule has 241 valence electrons. The number of carbonyl (C=O) groups is 1. The van der Waals surface area contributed by atoms with Crippen molar-refractivity contribution >= 4 is 27.5 Å². The minimum atomic E-state index is 0. The van der Waals surface area contributed by atoms with Crippen molar-refractivity contribution in [2.24, 2.45) is 11.8 Å². The molecule has 4 aromatic rings. The van der Waals surface area contributed by atoms with E-state index in [0.717, 1.165) is 36.9 Å². The number of aliphatic hydroxyl groups is 1. The molecular formula is C40H49IrN2O2-. The first-order valence-electron chi connectivity index (χ1n) is 16.8. The molecule has 0 unspecified atom stereocenters. The summed E-state index contributed by atoms with van der Waals surface area (Å²) in [5.74, 6) is 0.547. The molecule has 1 saturated carbocycles. The van der Waals surface area contributed by atoms with Crippen LogP contribution in [0.2, 0.25) is 0 Å². The van der Waals surface area contributed by atoms with Gasteiger partial charge in [-0.05, 0) is 88.5 Å². The third-order valence-corrected chi connectivity index (χ3v) is 10.2. The Morgan fingerprint density at radius 3 is 2.20 bits per heavy atom. The first kappa shape index (κ1) is 35.0. The van der Waals surface area contributed by atoms with E-state index in [1.807, 2.05) is 46.2 Å². The Balaban J connectivity index is 0.000000249. The van der Waals surface area contributed by atoms with Crippen molar-refractivity contribution < 1.29 is 30.0 Å². The van der Waals surface area contributed by atoms with Crippen molar-refractivity contribution in [3.63, 3.8) is 0 Å². The fourth-order valence-electron chi connectivity index (χ4n) is 7.37. The number of allylic oxidation sites excluding steroid dienone is 2. The molecule has 45 heavy (non-hydrogen) atoms. The van der Waals surface area contributed by atoms with Crippen molar-refractivity contribution in [2.75, 3.05) is 0 Å². The van der Waals surface area contributed by atoms with E-state index in [1.54, 1.807) is 0 Å². The Kier molecular flexibility index (Phi) is 11.1. The second-order valence-electron chi connectivity index (χ2n) is 13.8. The summed E-state index contributed by atoms with van der Waals surface area (Å²) in [5.41, 5.74) is 7.70. The van der Waals surface area contributed by atoms with Gasteiger partial charge in [-0.1, -0.05) is 91.0 Å². The zero-order valence-corrected chi connectivity index (χ0v) is 30.5. The third-order valence-electron chi connectivity index (χ3n) is 10.2. The summed E-state index contributed by atoms with van der Waals surface area (Å²) >= 11 is 0. The molecule has 1 radical (unpaired) electrons. The summed E-state index contributed by atoms with van der Waals surface area (Å²) in [6.45, 7) is 15.0. The standard InChI is InChI=1S/C27H25N2.C13H24O2.Ir/c1-26(2,3)19-13-18-8-12-29-25-20-16-23-17(7-6-11-28-23)14-21(20)27(9-4-5-10-27)22(15-19)24(18)25;1-5-10(6-2)12(14)9-13(15)11(7-3)8-4;/h6-8,11-15H,4-5,9-10H2,1-3H3;9-11,14H,5-8H2,1-4H3;/q-1;;/b;12-9-;. The quantitative estimate of drug-likeness (QED) is 0.115. The molecule has 1 N–H and O–H groups in total. The van der Waals surface area contributed by atoms with Crippen molar-refractivity contribution in [3.05, 3.63) is 83.4 Å². The number of fused-ring (bicyclic) bond motifs is 5. The van der Waals surface area contributed by atoms with Crippen LogP contribution in [0.25, 0.3) is 32.9 Å². The van der Waals surface area contributed by atoms with Crippen LogP contribution in [0, 0.1) is 17.9 Å². The minimum Gasteiger partial charge on any atom is -0.512 e. The van der Waals surface area contributed by atoms with Crippen molar-refractivity contribution in [2.45, 2.75) is 111 Å². The van der Waals surface area contributed by atoms with Crippen molar-refractivity contribution in [1.82, 2.24) is 9.97 Å². The smallest absolute Gasteiger partial charge is 0.162 e. The van der Waals surface area contributed by atoms with Gasteiger partial charge in [0.1, 0.15) is 0 Å². The van der Waals surface area contributed by atoms with Gasteiger partial charge in [-0.15, -0.1) is 23.3 Å². The zero-order chi connectivity index (χ0) is 31.6. The monoisotopic (exact) mass is 782 g/mol. The Morgan fingerprint density at radius 2 is 1.58 bits per heavy atom. The Labute approximate surface area is 283 Å². The van der Waals surface area contributed by atoms with Crippen LogP contribution in [0.1, 0.15) is 117 Å². The number of hydrogen-bond donors (Lipinski definition) is 1. The number of rotatable bonds is 7. The van der Waals surface area contributed by atoms with Crippen LogP contribution in [0.15, 0.2) is 60.6 Å². The van der Waals surface area contributed by atoms with Gasteiger partial charge in [0.25, 0.3) is 0 Å². The van der Waals surface area contributed by atoms with Crippen LogP contribution in [0.4, 0.5) is 0 Å². The Morgan fingerprint density at radius 1 is 0.911 bits per heavy atom. The number of nitrogens with zero attached hydrogens (tertiary/aromatic N) is 2. The van der Waals surface area contributed by atoms with E-state index in [1.165, 1.54) is 70.2 Å². The molecule has 4 nitrogen and oxygen atoms in total. The van der Waals surface area contributed by atoms with E-state index in [4.69, 9.17) is 4.98 Å². The second kappa shape index (κ2) is 14.3. The van der Waals surface area contributed by atoms with E-state index in [-0.39, 0.29) is 54.3 Å². The summed E-state index contributed by atoms with van der Waals surface area (Å²) in [5, 5.41) is 13.6. The van der Waals surface area contributed by atoms with Crippen LogP contribution in [0.3, 0.4) is 0 Å². The summed E-state index contributed by atoms with van der Waals surface area (Å²) in [6.07, 6.45) is 13.7. The minimum absolute atomic E-state index is 0. The van der Waals surface area contributed by atoms with Crippen LogP contribution in [0.5, 0.6) is 0 Å². The maximum absolute atomic E-state index is 11.7. The molecule has 2 aromatic carbocycles. The van der Waals surface area contributed by atoms with E-state index >= 15 is 0 Å². The largest absolute Gasteiger partial charge is 0.512 e. The van der Waals surface area contributed by atoms with E-state index in [9.17, 15) is 9.90 Å². The summed E-state index contributed by atoms with van der Waals surface area (Å²) in [4.78, 5) is 21.2. The van der Waals surface area contributed by atoms with Crippen LogP contribution in [-0.2, 0) is 35.7 Å². The Hall–Kier alpha value is -2.88. The average molecular weight is 782 g/mol. The molecule has 0 atom stereocenters. The number of carbonyl (C=O) groups excluding carboxylic acids is 1. The van der Waals surface area contributed by atoms with Gasteiger partial charge >= 0.3 is 0 Å². The van der Waals surface area contributed by atoms with Gasteiger partial charge in [-0.3, -0.25) is 9.78 Å². The molecular weight excluding hydrogens is 733 g/mol. The van der Waals surface area contributed by atoms with E-state index in [2.05, 4.69) is 62.2 Å². The van der Waals surface area contributed by atoms with Gasteiger partial charge in [0, 0.05) is 50.4 Å². The van der Waals surface area contributed by atoms with Crippen molar-refractivity contribution in [1.29, 1.82) is 0 Å². The average Bonchev–Trinajstić information content (AvgIpc) is 3.51. The maximum Gasteiger partial charge on any atom is 0.162 e. The number of ketones is 1. The molecule has 2 aromatic heterocycles. The SMILES string of the molecule is CC(C)(C)c1cc2c3c(nccc3c1)-c1[c-]c3ncccc3cc1C21CCCC1.CCC(CC)C(=O)/C=C(\O)C(CC)CC.[Ir]. The van der Waals surface area contributed by atoms with Crippen LogP contribution >= 0.6 is 0 Å². The molecule has 5 heteroatoms. The Bertz CT molecular complexity index is 1690. The number of hydrogen-bond acceptors (Lipinski definition) is 4. The molecule has 2 aliphatic rings. The van der Waals surface area contributed by atoms with Gasteiger partial charge in [-0.25, -0.2) is 0 Å². The first-order chi connectivity index (χ1) is 21.1.